The lowest BCUT2D eigenvalue weighted by molar-refractivity contribution is -0.132. The van der Waals surface area contributed by atoms with Crippen molar-refractivity contribution >= 4 is 18.3 Å². The zero-order chi connectivity index (χ0) is 14.7. The lowest BCUT2D eigenvalue weighted by Crippen LogP contribution is -2.35. The van der Waals surface area contributed by atoms with Crippen LogP contribution in [0.2, 0.25) is 0 Å². The molecule has 0 bridgehead atoms. The number of carbonyl (C=O) groups excluding carboxylic acids is 1. The topological polar surface area (TPSA) is 41.6 Å². The molecule has 0 spiro atoms. The maximum absolute atomic E-state index is 12.6. The molecule has 2 atom stereocenters. The standard InChI is InChI=1S/C17H24N2O2.ClH/c1-21-15-8-6-13(7-9-15)16-5-3-11-19(16)17(20)12-14-4-2-10-18-14;/h6-9,14,16,18H,2-5,10-12H2,1H3;1H. The molecular formula is C17H25ClN2O2. The summed E-state index contributed by atoms with van der Waals surface area (Å²) in [6, 6.07) is 8.76. The third kappa shape index (κ3) is 3.73. The van der Waals surface area contributed by atoms with E-state index in [9.17, 15) is 4.79 Å². The Labute approximate surface area is 138 Å². The van der Waals surface area contributed by atoms with Crippen LogP contribution < -0.4 is 10.1 Å². The van der Waals surface area contributed by atoms with Gasteiger partial charge >= 0.3 is 0 Å². The molecule has 0 radical (unpaired) electrons. The second-order valence-corrected chi connectivity index (χ2v) is 6.02. The molecule has 122 valence electrons. The van der Waals surface area contributed by atoms with Crippen molar-refractivity contribution in [2.75, 3.05) is 20.2 Å². The molecule has 3 rings (SSSR count). The normalized spacial score (nSPS) is 24.1. The molecule has 0 aromatic heterocycles. The van der Waals surface area contributed by atoms with Gasteiger partial charge in [-0.1, -0.05) is 12.1 Å². The summed E-state index contributed by atoms with van der Waals surface area (Å²) in [5.74, 6) is 1.16. The quantitative estimate of drug-likeness (QED) is 0.926. The summed E-state index contributed by atoms with van der Waals surface area (Å²) in [6.45, 7) is 1.95. The SMILES string of the molecule is COc1ccc(C2CCCN2C(=O)CC2CCCN2)cc1.Cl. The molecule has 2 unspecified atom stereocenters. The van der Waals surface area contributed by atoms with Crippen molar-refractivity contribution in [3.05, 3.63) is 29.8 Å². The Morgan fingerprint density at radius 1 is 1.27 bits per heavy atom. The Bertz CT molecular complexity index is 486. The molecule has 2 fully saturated rings. The number of amides is 1. The van der Waals surface area contributed by atoms with Gasteiger partial charge in [-0.15, -0.1) is 12.4 Å². The fourth-order valence-corrected chi connectivity index (χ4v) is 3.50. The number of ether oxygens (including phenoxy) is 1. The molecule has 2 saturated heterocycles. The predicted octanol–water partition coefficient (Wildman–Crippen LogP) is 2.92. The van der Waals surface area contributed by atoms with Crippen LogP contribution in [0.5, 0.6) is 5.75 Å². The third-order valence-corrected chi connectivity index (χ3v) is 4.66. The smallest absolute Gasteiger partial charge is 0.224 e. The van der Waals surface area contributed by atoms with E-state index in [2.05, 4.69) is 22.3 Å². The van der Waals surface area contributed by atoms with E-state index >= 15 is 0 Å². The fourth-order valence-electron chi connectivity index (χ4n) is 3.50. The Hall–Kier alpha value is -1.26. The van der Waals surface area contributed by atoms with Crippen molar-refractivity contribution in [1.82, 2.24) is 10.2 Å². The van der Waals surface area contributed by atoms with Crippen LogP contribution in [-0.2, 0) is 4.79 Å². The van der Waals surface area contributed by atoms with Crippen LogP contribution in [-0.4, -0.2) is 37.0 Å². The average molecular weight is 325 g/mol. The zero-order valence-electron chi connectivity index (χ0n) is 13.1. The average Bonchev–Trinajstić information content (AvgIpc) is 3.18. The molecule has 1 N–H and O–H groups in total. The molecule has 4 nitrogen and oxygen atoms in total. The summed E-state index contributed by atoms with van der Waals surface area (Å²) in [6.07, 6.45) is 5.13. The van der Waals surface area contributed by atoms with Crippen molar-refractivity contribution in [2.24, 2.45) is 0 Å². The van der Waals surface area contributed by atoms with Crippen LogP contribution in [0.25, 0.3) is 0 Å². The van der Waals surface area contributed by atoms with Crippen LogP contribution in [0.4, 0.5) is 0 Å². The molecule has 2 aliphatic rings. The molecule has 5 heteroatoms. The van der Waals surface area contributed by atoms with Crippen LogP contribution >= 0.6 is 12.4 Å². The largest absolute Gasteiger partial charge is 0.497 e. The van der Waals surface area contributed by atoms with E-state index in [0.29, 0.717) is 18.4 Å². The lowest BCUT2D eigenvalue weighted by Gasteiger charge is -2.26. The number of nitrogens with one attached hydrogen (secondary N) is 1. The van der Waals surface area contributed by atoms with Crippen molar-refractivity contribution in [3.63, 3.8) is 0 Å². The number of rotatable bonds is 4. The van der Waals surface area contributed by atoms with E-state index in [0.717, 1.165) is 38.1 Å². The van der Waals surface area contributed by atoms with Gasteiger partial charge in [0.1, 0.15) is 5.75 Å². The maximum atomic E-state index is 12.6. The summed E-state index contributed by atoms with van der Waals surface area (Å²) in [7, 11) is 1.68. The first-order valence-electron chi connectivity index (χ1n) is 7.95. The van der Waals surface area contributed by atoms with E-state index in [4.69, 9.17) is 4.74 Å². The van der Waals surface area contributed by atoms with Crippen molar-refractivity contribution in [2.45, 2.75) is 44.2 Å². The fraction of sp³-hybridized carbons (Fsp3) is 0.588. The number of carbonyl (C=O) groups is 1. The summed E-state index contributed by atoms with van der Waals surface area (Å²) in [5.41, 5.74) is 1.22. The monoisotopic (exact) mass is 324 g/mol. The number of methoxy groups -OCH3 is 1. The molecular weight excluding hydrogens is 300 g/mol. The lowest BCUT2D eigenvalue weighted by atomic mass is 10.0. The Kier molecular flexibility index (Phi) is 6.09. The first-order chi connectivity index (χ1) is 10.3. The van der Waals surface area contributed by atoms with Gasteiger partial charge < -0.3 is 15.0 Å². The number of benzene rings is 1. The van der Waals surface area contributed by atoms with Gasteiger partial charge in [0, 0.05) is 19.0 Å². The molecule has 0 saturated carbocycles. The summed E-state index contributed by atoms with van der Waals surface area (Å²) in [5, 5.41) is 3.42. The maximum Gasteiger partial charge on any atom is 0.224 e. The van der Waals surface area contributed by atoms with Gasteiger partial charge in [-0.05, 0) is 49.9 Å². The van der Waals surface area contributed by atoms with Crippen molar-refractivity contribution < 1.29 is 9.53 Å². The number of hydrogen-bond donors (Lipinski definition) is 1. The molecule has 1 aromatic rings. The molecule has 22 heavy (non-hydrogen) atoms. The highest BCUT2D eigenvalue weighted by Crippen LogP contribution is 2.33. The molecule has 2 aliphatic heterocycles. The minimum atomic E-state index is 0. The van der Waals surface area contributed by atoms with Crippen molar-refractivity contribution in [3.8, 4) is 5.75 Å². The number of nitrogens with zero attached hydrogens (tertiary/aromatic N) is 1. The number of hydrogen-bond acceptors (Lipinski definition) is 3. The molecule has 1 amide bonds. The van der Waals surface area contributed by atoms with Crippen molar-refractivity contribution in [1.29, 1.82) is 0 Å². The second kappa shape index (κ2) is 7.84. The zero-order valence-corrected chi connectivity index (χ0v) is 13.9. The second-order valence-electron chi connectivity index (χ2n) is 6.02. The predicted molar refractivity (Wildman–Crippen MR) is 89.6 cm³/mol. The van der Waals surface area contributed by atoms with Crippen LogP contribution in [0.15, 0.2) is 24.3 Å². The van der Waals surface area contributed by atoms with E-state index in [1.165, 1.54) is 12.0 Å². The van der Waals surface area contributed by atoms with E-state index in [1.54, 1.807) is 7.11 Å². The molecule has 2 heterocycles. The highest BCUT2D eigenvalue weighted by atomic mass is 35.5. The Morgan fingerprint density at radius 2 is 2.05 bits per heavy atom. The van der Waals surface area contributed by atoms with Gasteiger partial charge in [-0.2, -0.15) is 0 Å². The number of halogens is 1. The molecule has 1 aromatic carbocycles. The third-order valence-electron chi connectivity index (χ3n) is 4.66. The minimum Gasteiger partial charge on any atom is -0.497 e. The van der Waals surface area contributed by atoms with Gasteiger partial charge in [0.2, 0.25) is 5.91 Å². The minimum absolute atomic E-state index is 0. The van der Waals surface area contributed by atoms with Crippen LogP contribution in [0, 0.1) is 0 Å². The van der Waals surface area contributed by atoms with E-state index in [1.807, 2.05) is 12.1 Å². The first kappa shape index (κ1) is 17.1. The van der Waals surface area contributed by atoms with Crippen LogP contribution in [0.3, 0.4) is 0 Å². The van der Waals surface area contributed by atoms with Gasteiger partial charge in [-0.3, -0.25) is 4.79 Å². The molecule has 0 aliphatic carbocycles. The van der Waals surface area contributed by atoms with E-state index in [-0.39, 0.29) is 18.4 Å². The van der Waals surface area contributed by atoms with E-state index < -0.39 is 0 Å². The van der Waals surface area contributed by atoms with Gasteiger partial charge in [-0.25, -0.2) is 0 Å². The highest BCUT2D eigenvalue weighted by molar-refractivity contribution is 5.85. The van der Waals surface area contributed by atoms with Gasteiger partial charge in [0.05, 0.1) is 13.2 Å². The van der Waals surface area contributed by atoms with Crippen LogP contribution in [0.1, 0.15) is 43.7 Å². The summed E-state index contributed by atoms with van der Waals surface area (Å²) >= 11 is 0. The summed E-state index contributed by atoms with van der Waals surface area (Å²) in [4.78, 5) is 14.6. The summed E-state index contributed by atoms with van der Waals surface area (Å²) < 4.78 is 5.21. The number of likely N-dealkylation sites (tertiary alicyclic amines) is 1. The Morgan fingerprint density at radius 3 is 2.68 bits per heavy atom. The van der Waals surface area contributed by atoms with Gasteiger partial charge in [0.25, 0.3) is 0 Å². The first-order valence-corrected chi connectivity index (χ1v) is 7.95. The highest BCUT2D eigenvalue weighted by Gasteiger charge is 2.31. The Balaban J connectivity index is 0.00000176. The van der Waals surface area contributed by atoms with Gasteiger partial charge in [0.15, 0.2) is 0 Å².